The first kappa shape index (κ1) is 30.7. The zero-order chi connectivity index (χ0) is 7.82. The van der Waals surface area contributed by atoms with Crippen molar-refractivity contribution in [2.75, 3.05) is 26.4 Å². The molecule has 0 bridgehead atoms. The molecular formula is C4H14Na4O5P+. The van der Waals surface area contributed by atoms with Gasteiger partial charge in [-0.3, -0.25) is 0 Å². The van der Waals surface area contributed by atoms with Gasteiger partial charge in [0.1, 0.15) is 13.2 Å². The van der Waals surface area contributed by atoms with Crippen molar-refractivity contribution in [1.29, 1.82) is 0 Å². The summed E-state index contributed by atoms with van der Waals surface area (Å²) in [5.41, 5.74) is 0. The van der Waals surface area contributed by atoms with Gasteiger partial charge in [0.15, 0.2) is 0 Å². The average Bonchev–Trinajstić information content (AvgIpc) is 1.97. The Kier molecular flexibility index (Phi) is 56.5. The molecule has 0 radical (unpaired) electrons. The van der Waals surface area contributed by atoms with Crippen LogP contribution in [0.4, 0.5) is 0 Å². The third-order valence-corrected chi connectivity index (χ3v) is 1.36. The van der Waals surface area contributed by atoms with E-state index in [4.69, 9.17) is 10.2 Å². The summed E-state index contributed by atoms with van der Waals surface area (Å²) in [5.74, 6) is 0. The summed E-state index contributed by atoms with van der Waals surface area (Å²) < 4.78 is 19.3. The smallest absolute Gasteiger partial charge is 1.00 e. The summed E-state index contributed by atoms with van der Waals surface area (Å²) in [6, 6.07) is 0. The van der Waals surface area contributed by atoms with Crippen LogP contribution in [0, 0.1) is 0 Å². The molecule has 0 aliphatic carbocycles. The van der Waals surface area contributed by atoms with Crippen molar-refractivity contribution in [2.24, 2.45) is 0 Å². The maximum absolute atomic E-state index is 10.4. The quantitative estimate of drug-likeness (QED) is 0.368. The number of aliphatic hydroxyl groups is 2. The van der Waals surface area contributed by atoms with Gasteiger partial charge in [0, 0.05) is 4.57 Å². The molecule has 0 aromatic heterocycles. The van der Waals surface area contributed by atoms with Crippen molar-refractivity contribution in [3.8, 4) is 0 Å². The summed E-state index contributed by atoms with van der Waals surface area (Å²) in [7, 11) is -2.16. The molecule has 2 N–H and O–H groups in total. The molecule has 0 saturated carbocycles. The van der Waals surface area contributed by atoms with Crippen LogP contribution in [0.2, 0.25) is 0 Å². The number of hydrogen-bond donors (Lipinski definition) is 2. The van der Waals surface area contributed by atoms with Crippen molar-refractivity contribution < 1.29 is 148 Å². The van der Waals surface area contributed by atoms with E-state index in [-0.39, 0.29) is 150 Å². The second kappa shape index (κ2) is 25.7. The molecule has 0 saturated heterocycles. The fourth-order valence-corrected chi connectivity index (χ4v) is 0.804. The molecule has 0 aliphatic rings. The Balaban J connectivity index is -0.0000000145. The van der Waals surface area contributed by atoms with Gasteiger partial charge >= 0.3 is 126 Å². The Morgan fingerprint density at radius 2 is 1.21 bits per heavy atom. The summed E-state index contributed by atoms with van der Waals surface area (Å²) in [5, 5.41) is 16.4. The Morgan fingerprint density at radius 3 is 1.43 bits per heavy atom. The largest absolute Gasteiger partial charge is 1.00 e. The summed E-state index contributed by atoms with van der Waals surface area (Å²) in [6.07, 6.45) is 0. The molecule has 0 heterocycles. The first-order chi connectivity index (χ1) is 4.81. The fraction of sp³-hybridized carbons (Fsp3) is 1.00. The third-order valence-electron chi connectivity index (χ3n) is 0.576. The molecule has 0 unspecified atom stereocenters. The predicted molar refractivity (Wildman–Crippen MR) is 38.1 cm³/mol. The van der Waals surface area contributed by atoms with Crippen molar-refractivity contribution in [1.82, 2.24) is 0 Å². The van der Waals surface area contributed by atoms with E-state index in [1.165, 1.54) is 0 Å². The van der Waals surface area contributed by atoms with Gasteiger partial charge < -0.3 is 15.9 Å². The van der Waals surface area contributed by atoms with E-state index in [1.54, 1.807) is 0 Å². The Hall–Kier alpha value is 3.94. The third kappa shape index (κ3) is 25.0. The predicted octanol–water partition coefficient (Wildman–Crippen LogP) is -11.9. The maximum Gasteiger partial charge on any atom is 1.00 e. The minimum Gasteiger partial charge on any atom is -1.00 e. The van der Waals surface area contributed by atoms with Gasteiger partial charge in [-0.25, -0.2) is 0 Å². The molecule has 68 valence electrons. The zero-order valence-corrected chi connectivity index (χ0v) is 18.3. The van der Waals surface area contributed by atoms with E-state index in [2.05, 4.69) is 9.05 Å². The van der Waals surface area contributed by atoms with E-state index in [0.717, 1.165) is 0 Å². The molecule has 0 aromatic rings. The first-order valence-corrected chi connectivity index (χ1v) is 3.85. The van der Waals surface area contributed by atoms with E-state index in [0.29, 0.717) is 0 Å². The van der Waals surface area contributed by atoms with Gasteiger partial charge in [0.05, 0.1) is 13.2 Å². The minimum absolute atomic E-state index is 0. The van der Waals surface area contributed by atoms with Crippen molar-refractivity contribution in [2.45, 2.75) is 0 Å². The molecule has 0 aliphatic heterocycles. The van der Waals surface area contributed by atoms with Crippen LogP contribution in [0.1, 0.15) is 5.71 Å². The zero-order valence-electron chi connectivity index (χ0n) is 13.4. The van der Waals surface area contributed by atoms with Gasteiger partial charge in [-0.2, -0.15) is 0 Å². The Labute approximate surface area is 179 Å². The molecule has 5 nitrogen and oxygen atoms in total. The molecule has 10 heteroatoms. The van der Waals surface area contributed by atoms with E-state index in [1.807, 2.05) is 0 Å². The molecule has 14 heavy (non-hydrogen) atoms. The van der Waals surface area contributed by atoms with Crippen LogP contribution in [0.3, 0.4) is 0 Å². The number of rotatable bonds is 6. The van der Waals surface area contributed by atoms with Crippen LogP contribution >= 0.6 is 8.25 Å². The van der Waals surface area contributed by atoms with Crippen molar-refractivity contribution >= 4 is 8.25 Å². The standard InChI is InChI=1S/C4H10O5P.4Na.4H/c5-1-3-8-10(7)9-4-2-6;;;;;;;;/h5-6H,1-4H2;;;;;;;;/q5*+1;4*-1. The minimum atomic E-state index is -2.16. The molecule has 0 atom stereocenters. The average molecular weight is 265 g/mol. The van der Waals surface area contributed by atoms with Gasteiger partial charge in [0.2, 0.25) is 0 Å². The Morgan fingerprint density at radius 1 is 0.929 bits per heavy atom. The Bertz CT molecular complexity index is 111. The van der Waals surface area contributed by atoms with Crippen LogP contribution < -0.4 is 118 Å². The molecular weight excluding hydrogens is 251 g/mol. The summed E-state index contributed by atoms with van der Waals surface area (Å²) >= 11 is 0. The SMILES string of the molecule is O=[P+](OCCO)OCCO.[H-].[H-].[H-].[H-].[Na+].[Na+].[Na+].[Na+]. The normalized spacial score (nSPS) is 7.00. The number of hydrogen-bond acceptors (Lipinski definition) is 5. The fourth-order valence-electron chi connectivity index (χ4n) is 0.268. The maximum atomic E-state index is 10.4. The number of aliphatic hydroxyl groups excluding tert-OH is 2. The van der Waals surface area contributed by atoms with E-state index >= 15 is 0 Å². The van der Waals surface area contributed by atoms with Crippen molar-refractivity contribution in [3.05, 3.63) is 0 Å². The van der Waals surface area contributed by atoms with Gasteiger partial charge in [0.25, 0.3) is 0 Å². The van der Waals surface area contributed by atoms with Crippen LogP contribution in [0.5, 0.6) is 0 Å². The van der Waals surface area contributed by atoms with Gasteiger partial charge in [-0.05, 0) is 0 Å². The van der Waals surface area contributed by atoms with Crippen LogP contribution in [-0.2, 0) is 13.6 Å². The summed E-state index contributed by atoms with van der Waals surface area (Å²) in [4.78, 5) is 0. The van der Waals surface area contributed by atoms with Gasteiger partial charge in [-0.15, -0.1) is 9.05 Å². The molecule has 0 amide bonds. The van der Waals surface area contributed by atoms with Crippen LogP contribution in [0.25, 0.3) is 0 Å². The molecule has 0 fully saturated rings. The monoisotopic (exact) mass is 265 g/mol. The van der Waals surface area contributed by atoms with Crippen molar-refractivity contribution in [3.63, 3.8) is 0 Å². The second-order valence-corrected chi connectivity index (χ2v) is 2.30. The van der Waals surface area contributed by atoms with E-state index in [9.17, 15) is 4.57 Å². The molecule has 0 aromatic carbocycles. The topological polar surface area (TPSA) is 76.0 Å². The van der Waals surface area contributed by atoms with Gasteiger partial charge in [-0.1, -0.05) is 0 Å². The van der Waals surface area contributed by atoms with Crippen LogP contribution in [-0.4, -0.2) is 36.6 Å². The van der Waals surface area contributed by atoms with E-state index < -0.39 is 8.25 Å². The molecule has 0 spiro atoms. The first-order valence-electron chi connectivity index (χ1n) is 2.76. The molecule has 0 rings (SSSR count). The van der Waals surface area contributed by atoms with Crippen LogP contribution in [0.15, 0.2) is 0 Å². The summed E-state index contributed by atoms with van der Waals surface area (Å²) in [6.45, 7) is -0.408. The second-order valence-electron chi connectivity index (χ2n) is 1.34.